The average molecular weight is 386 g/mol. The first-order valence-corrected chi connectivity index (χ1v) is 9.00. The summed E-state index contributed by atoms with van der Waals surface area (Å²) in [6, 6.07) is 5.25. The molecular formula is C19H22N4O5. The van der Waals surface area contributed by atoms with E-state index in [9.17, 15) is 19.5 Å². The topological polar surface area (TPSA) is 114 Å². The Morgan fingerprint density at radius 2 is 2.14 bits per heavy atom. The molecule has 0 atom stereocenters. The summed E-state index contributed by atoms with van der Waals surface area (Å²) in [5.41, 5.74) is 1.44. The highest BCUT2D eigenvalue weighted by molar-refractivity contribution is 6.06. The molecule has 1 aromatic carbocycles. The fourth-order valence-electron chi connectivity index (χ4n) is 3.02. The number of amides is 2. The molecule has 2 heterocycles. The molecule has 2 aromatic rings. The number of carbonyl (C=O) groups excluding carboxylic acids is 3. The van der Waals surface area contributed by atoms with Gasteiger partial charge in [0.15, 0.2) is 5.76 Å². The standard InChI is InChI=1S/C19H22N4O5/c1-3-28-19(27)12-5-6-15-13(9-12)10-21-23(15)8-4-7-20-17(25)14-11-22(2)18(26)16(14)24/h5-6,9-10,24H,3-4,7-8,11H2,1-2H3,(H,20,25). The molecule has 0 saturated heterocycles. The number of hydrogen-bond acceptors (Lipinski definition) is 6. The monoisotopic (exact) mass is 386 g/mol. The van der Waals surface area contributed by atoms with Gasteiger partial charge >= 0.3 is 5.97 Å². The quantitative estimate of drug-likeness (QED) is 0.542. The predicted molar refractivity (Wildman–Crippen MR) is 101 cm³/mol. The zero-order valence-electron chi connectivity index (χ0n) is 15.8. The van der Waals surface area contributed by atoms with E-state index >= 15 is 0 Å². The van der Waals surface area contributed by atoms with Gasteiger partial charge < -0.3 is 20.1 Å². The maximum atomic E-state index is 12.1. The summed E-state index contributed by atoms with van der Waals surface area (Å²) in [6.45, 7) is 3.11. The fourth-order valence-corrected chi connectivity index (χ4v) is 3.02. The van der Waals surface area contributed by atoms with E-state index in [0.29, 0.717) is 31.7 Å². The Balaban J connectivity index is 1.55. The number of aliphatic hydroxyl groups is 1. The second kappa shape index (κ2) is 8.12. The lowest BCUT2D eigenvalue weighted by Gasteiger charge is -2.08. The Morgan fingerprint density at radius 1 is 1.36 bits per heavy atom. The van der Waals surface area contributed by atoms with Gasteiger partial charge in [0.25, 0.3) is 11.8 Å². The molecule has 2 amide bonds. The molecule has 0 unspecified atom stereocenters. The third kappa shape index (κ3) is 3.83. The van der Waals surface area contributed by atoms with Crippen LogP contribution in [-0.2, 0) is 20.9 Å². The molecule has 0 aliphatic carbocycles. The van der Waals surface area contributed by atoms with Crippen LogP contribution in [0, 0.1) is 0 Å². The van der Waals surface area contributed by atoms with Crippen molar-refractivity contribution in [2.24, 2.45) is 0 Å². The predicted octanol–water partition coefficient (Wildman–Crippen LogP) is 1.00. The molecule has 3 rings (SSSR count). The smallest absolute Gasteiger partial charge is 0.338 e. The number of aryl methyl sites for hydroxylation is 1. The molecule has 9 heteroatoms. The van der Waals surface area contributed by atoms with Gasteiger partial charge in [-0.2, -0.15) is 5.10 Å². The van der Waals surface area contributed by atoms with Crippen LogP contribution in [0.25, 0.3) is 10.9 Å². The minimum absolute atomic E-state index is 0.0866. The van der Waals surface area contributed by atoms with Crippen molar-refractivity contribution < 1.29 is 24.2 Å². The van der Waals surface area contributed by atoms with Crippen molar-refractivity contribution in [2.45, 2.75) is 19.9 Å². The number of ether oxygens (including phenoxy) is 1. The first kappa shape index (κ1) is 19.4. The maximum absolute atomic E-state index is 12.1. The maximum Gasteiger partial charge on any atom is 0.338 e. The summed E-state index contributed by atoms with van der Waals surface area (Å²) in [4.78, 5) is 36.7. The van der Waals surface area contributed by atoms with Crippen molar-refractivity contribution in [2.75, 3.05) is 26.7 Å². The van der Waals surface area contributed by atoms with E-state index in [0.717, 1.165) is 10.9 Å². The number of likely N-dealkylation sites (N-methyl/N-ethyl adjacent to an activating group) is 1. The van der Waals surface area contributed by atoms with Crippen LogP contribution >= 0.6 is 0 Å². The number of rotatable bonds is 7. The molecule has 148 valence electrons. The van der Waals surface area contributed by atoms with E-state index in [2.05, 4.69) is 10.4 Å². The van der Waals surface area contributed by atoms with Crippen molar-refractivity contribution in [3.05, 3.63) is 41.3 Å². The fraction of sp³-hybridized carbons (Fsp3) is 0.368. The molecular weight excluding hydrogens is 364 g/mol. The number of nitrogens with zero attached hydrogens (tertiary/aromatic N) is 3. The first-order chi connectivity index (χ1) is 13.4. The van der Waals surface area contributed by atoms with E-state index in [1.165, 1.54) is 11.9 Å². The van der Waals surface area contributed by atoms with Crippen molar-refractivity contribution >= 4 is 28.7 Å². The number of benzene rings is 1. The third-order valence-corrected chi connectivity index (χ3v) is 4.49. The van der Waals surface area contributed by atoms with E-state index < -0.39 is 17.6 Å². The van der Waals surface area contributed by atoms with Crippen LogP contribution in [0.4, 0.5) is 0 Å². The van der Waals surface area contributed by atoms with E-state index in [1.54, 1.807) is 29.9 Å². The number of nitrogens with one attached hydrogen (secondary N) is 1. The van der Waals surface area contributed by atoms with E-state index in [4.69, 9.17) is 4.74 Å². The van der Waals surface area contributed by atoms with Gasteiger partial charge in [-0.05, 0) is 31.5 Å². The Hall–Kier alpha value is -3.36. The molecule has 1 aliphatic rings. The molecule has 0 saturated carbocycles. The summed E-state index contributed by atoms with van der Waals surface area (Å²) in [5.74, 6) is -1.85. The summed E-state index contributed by atoms with van der Waals surface area (Å²) < 4.78 is 6.79. The zero-order chi connectivity index (χ0) is 20.3. The van der Waals surface area contributed by atoms with Crippen LogP contribution in [0.15, 0.2) is 35.7 Å². The van der Waals surface area contributed by atoms with Crippen molar-refractivity contribution in [3.8, 4) is 0 Å². The third-order valence-electron chi connectivity index (χ3n) is 4.49. The molecule has 9 nitrogen and oxygen atoms in total. The number of hydrogen-bond donors (Lipinski definition) is 2. The Bertz CT molecular complexity index is 962. The highest BCUT2D eigenvalue weighted by Gasteiger charge is 2.31. The number of aliphatic hydroxyl groups excluding tert-OH is 1. The molecule has 0 radical (unpaired) electrons. The summed E-state index contributed by atoms with van der Waals surface area (Å²) in [7, 11) is 1.52. The average Bonchev–Trinajstić information content (AvgIpc) is 3.20. The van der Waals surface area contributed by atoms with Gasteiger partial charge in [-0.15, -0.1) is 0 Å². The molecule has 0 spiro atoms. The molecule has 0 bridgehead atoms. The molecule has 0 fully saturated rings. The van der Waals surface area contributed by atoms with Gasteiger partial charge in [0.05, 0.1) is 36.0 Å². The van der Waals surface area contributed by atoms with Gasteiger partial charge in [-0.1, -0.05) is 0 Å². The number of fused-ring (bicyclic) bond motifs is 1. The van der Waals surface area contributed by atoms with Crippen LogP contribution in [0.3, 0.4) is 0 Å². The second-order valence-corrected chi connectivity index (χ2v) is 6.46. The lowest BCUT2D eigenvalue weighted by molar-refractivity contribution is -0.126. The van der Waals surface area contributed by atoms with Crippen LogP contribution in [0.5, 0.6) is 0 Å². The largest absolute Gasteiger partial charge is 0.503 e. The number of aromatic nitrogens is 2. The summed E-state index contributed by atoms with van der Waals surface area (Å²) in [5, 5.41) is 17.6. The van der Waals surface area contributed by atoms with E-state index in [1.807, 2.05) is 6.07 Å². The minimum atomic E-state index is -0.546. The highest BCUT2D eigenvalue weighted by atomic mass is 16.5. The first-order valence-electron chi connectivity index (χ1n) is 9.00. The normalized spacial score (nSPS) is 14.1. The van der Waals surface area contributed by atoms with Crippen molar-refractivity contribution in [3.63, 3.8) is 0 Å². The lowest BCUT2D eigenvalue weighted by Crippen LogP contribution is -2.29. The SMILES string of the molecule is CCOC(=O)c1ccc2c(cnn2CCCNC(=O)C2=C(O)C(=O)N(C)C2)c1. The Kier molecular flexibility index (Phi) is 5.62. The van der Waals surface area contributed by atoms with Gasteiger partial charge in [0.2, 0.25) is 0 Å². The summed E-state index contributed by atoms with van der Waals surface area (Å²) >= 11 is 0. The number of esters is 1. The van der Waals surface area contributed by atoms with Gasteiger partial charge in [0.1, 0.15) is 0 Å². The molecule has 28 heavy (non-hydrogen) atoms. The second-order valence-electron chi connectivity index (χ2n) is 6.46. The van der Waals surface area contributed by atoms with Crippen molar-refractivity contribution in [1.82, 2.24) is 20.0 Å². The zero-order valence-corrected chi connectivity index (χ0v) is 15.8. The Morgan fingerprint density at radius 3 is 2.82 bits per heavy atom. The lowest BCUT2D eigenvalue weighted by atomic mass is 10.1. The molecule has 2 N–H and O–H groups in total. The van der Waals surface area contributed by atoms with Crippen LogP contribution < -0.4 is 5.32 Å². The van der Waals surface area contributed by atoms with Crippen molar-refractivity contribution in [1.29, 1.82) is 0 Å². The Labute approximate surface area is 161 Å². The van der Waals surface area contributed by atoms with Crippen LogP contribution in [0.1, 0.15) is 23.7 Å². The number of carbonyl (C=O) groups is 3. The van der Waals surface area contributed by atoms with Crippen LogP contribution in [-0.4, -0.2) is 64.3 Å². The minimum Gasteiger partial charge on any atom is -0.503 e. The van der Waals surface area contributed by atoms with Gasteiger partial charge in [-0.3, -0.25) is 14.3 Å². The molecule has 1 aliphatic heterocycles. The van der Waals surface area contributed by atoms with E-state index in [-0.39, 0.29) is 18.1 Å². The van der Waals surface area contributed by atoms with Gasteiger partial charge in [-0.25, -0.2) is 4.79 Å². The summed E-state index contributed by atoms with van der Waals surface area (Å²) in [6.07, 6.45) is 2.29. The van der Waals surface area contributed by atoms with Gasteiger partial charge in [0, 0.05) is 25.5 Å². The molecule has 1 aromatic heterocycles. The highest BCUT2D eigenvalue weighted by Crippen LogP contribution is 2.17. The van der Waals surface area contributed by atoms with Crippen LogP contribution in [0.2, 0.25) is 0 Å².